The van der Waals surface area contributed by atoms with Crippen molar-refractivity contribution in [1.82, 2.24) is 0 Å². The van der Waals surface area contributed by atoms with Gasteiger partial charge in [-0.25, -0.2) is 0 Å². The van der Waals surface area contributed by atoms with Crippen LogP contribution in [0.15, 0.2) is 0 Å². The van der Waals surface area contributed by atoms with Gasteiger partial charge in [0.1, 0.15) is 5.41 Å². The van der Waals surface area contributed by atoms with E-state index in [1.165, 1.54) is 0 Å². The molecule has 4 nitrogen and oxygen atoms in total. The van der Waals surface area contributed by atoms with Gasteiger partial charge in [0.2, 0.25) is 0 Å². The summed E-state index contributed by atoms with van der Waals surface area (Å²) in [5.74, 6) is -0.467. The molecule has 0 radical (unpaired) electrons. The summed E-state index contributed by atoms with van der Waals surface area (Å²) >= 11 is 0. The van der Waals surface area contributed by atoms with Gasteiger partial charge in [0.15, 0.2) is 0 Å². The van der Waals surface area contributed by atoms with Crippen LogP contribution in [0, 0.1) is 16.7 Å². The van der Waals surface area contributed by atoms with Gasteiger partial charge in [-0.2, -0.15) is 5.26 Å². The molecule has 0 aliphatic rings. The van der Waals surface area contributed by atoms with E-state index < -0.39 is 11.4 Å². The monoisotopic (exact) mass is 199 g/mol. The van der Waals surface area contributed by atoms with Crippen LogP contribution in [-0.2, 0) is 9.53 Å². The third kappa shape index (κ3) is 3.00. The Labute approximate surface area is 84.5 Å². The van der Waals surface area contributed by atoms with E-state index in [0.29, 0.717) is 6.42 Å². The molecular formula is C10H17NO3. The molecule has 1 N–H and O–H groups in total. The lowest BCUT2D eigenvalue weighted by atomic mass is 9.81. The van der Waals surface area contributed by atoms with Crippen molar-refractivity contribution in [3.8, 4) is 6.07 Å². The van der Waals surface area contributed by atoms with Crippen molar-refractivity contribution in [1.29, 1.82) is 5.26 Å². The molecule has 0 aromatic heterocycles. The van der Waals surface area contributed by atoms with Gasteiger partial charge in [-0.05, 0) is 13.3 Å². The lowest BCUT2D eigenvalue weighted by Crippen LogP contribution is -2.36. The molecule has 0 fully saturated rings. The molecule has 80 valence electrons. The summed E-state index contributed by atoms with van der Waals surface area (Å²) in [6.45, 7) is 3.56. The van der Waals surface area contributed by atoms with Gasteiger partial charge in [-0.15, -0.1) is 0 Å². The highest BCUT2D eigenvalue weighted by Crippen LogP contribution is 2.29. The first-order chi connectivity index (χ1) is 6.66. The Morgan fingerprint density at radius 3 is 2.57 bits per heavy atom. The van der Waals surface area contributed by atoms with Crippen LogP contribution in [0.4, 0.5) is 0 Å². The number of carbonyl (C=O) groups excluding carboxylic acids is 1. The number of hydrogen-bond donors (Lipinski definition) is 1. The fraction of sp³-hybridized carbons (Fsp3) is 0.800. The summed E-state index contributed by atoms with van der Waals surface area (Å²) in [6, 6.07) is 1.92. The molecule has 0 spiro atoms. The number of esters is 1. The fourth-order valence-electron chi connectivity index (χ4n) is 1.38. The maximum atomic E-state index is 11.5. The third-order valence-corrected chi connectivity index (χ3v) is 2.16. The molecule has 0 bridgehead atoms. The second-order valence-electron chi connectivity index (χ2n) is 3.24. The van der Waals surface area contributed by atoms with Crippen LogP contribution in [-0.4, -0.2) is 24.3 Å². The molecule has 0 aromatic rings. The lowest BCUT2D eigenvalue weighted by molar-refractivity contribution is -0.158. The quantitative estimate of drug-likeness (QED) is 0.653. The van der Waals surface area contributed by atoms with Crippen molar-refractivity contribution < 1.29 is 14.6 Å². The van der Waals surface area contributed by atoms with Gasteiger partial charge < -0.3 is 9.84 Å². The molecule has 4 heteroatoms. The van der Waals surface area contributed by atoms with Crippen LogP contribution < -0.4 is 0 Å². The van der Waals surface area contributed by atoms with E-state index in [2.05, 4.69) is 0 Å². The fourth-order valence-corrected chi connectivity index (χ4v) is 1.38. The molecule has 1 atom stereocenters. The van der Waals surface area contributed by atoms with Crippen LogP contribution in [0.5, 0.6) is 0 Å². The Hall–Kier alpha value is -1.08. The summed E-state index contributed by atoms with van der Waals surface area (Å²) in [7, 11) is 0. The highest BCUT2D eigenvalue weighted by molar-refractivity contribution is 5.77. The summed E-state index contributed by atoms with van der Waals surface area (Å²) in [5, 5.41) is 17.8. The summed E-state index contributed by atoms with van der Waals surface area (Å²) in [6.07, 6.45) is 1.23. The zero-order chi connectivity index (χ0) is 11.0. The molecule has 0 aromatic carbocycles. The van der Waals surface area contributed by atoms with E-state index in [1.54, 1.807) is 6.92 Å². The highest BCUT2D eigenvalue weighted by Gasteiger charge is 2.38. The number of ether oxygens (including phenoxy) is 1. The molecule has 0 heterocycles. The minimum atomic E-state index is -1.01. The number of carbonyl (C=O) groups is 1. The smallest absolute Gasteiger partial charge is 0.315 e. The van der Waals surface area contributed by atoms with Crippen LogP contribution >= 0.6 is 0 Å². The molecule has 1 unspecified atom stereocenters. The average Bonchev–Trinajstić information content (AvgIpc) is 2.17. The maximum Gasteiger partial charge on any atom is 0.315 e. The van der Waals surface area contributed by atoms with Gasteiger partial charge in [-0.3, -0.25) is 4.79 Å². The normalized spacial score (nSPS) is 14.1. The van der Waals surface area contributed by atoms with Gasteiger partial charge in [0, 0.05) is 0 Å². The number of aliphatic hydroxyl groups excluding tert-OH is 1. The Bertz CT molecular complexity index is 222. The molecule has 14 heavy (non-hydrogen) atoms. The first kappa shape index (κ1) is 12.9. The molecule has 0 amide bonds. The van der Waals surface area contributed by atoms with Crippen LogP contribution in [0.25, 0.3) is 0 Å². The molecule has 0 rings (SSSR count). The van der Waals surface area contributed by atoms with Crippen LogP contribution in [0.3, 0.4) is 0 Å². The van der Waals surface area contributed by atoms with Gasteiger partial charge in [-0.1, -0.05) is 13.3 Å². The van der Waals surface area contributed by atoms with E-state index in [4.69, 9.17) is 10.00 Å². The van der Waals surface area contributed by atoms with Crippen molar-refractivity contribution in [3.63, 3.8) is 0 Å². The minimum absolute atomic E-state index is 0.0101. The zero-order valence-electron chi connectivity index (χ0n) is 8.75. The van der Waals surface area contributed by atoms with Crippen molar-refractivity contribution >= 4 is 5.97 Å². The van der Waals surface area contributed by atoms with Crippen molar-refractivity contribution in [3.05, 3.63) is 0 Å². The predicted octanol–water partition coefficient (Wildman–Crippen LogP) is 1.24. The Kier molecular flexibility index (Phi) is 5.89. The first-order valence-electron chi connectivity index (χ1n) is 4.82. The number of nitriles is 1. The van der Waals surface area contributed by atoms with E-state index in [0.717, 1.165) is 6.42 Å². The highest BCUT2D eigenvalue weighted by atomic mass is 16.5. The maximum absolute atomic E-state index is 11.5. The predicted molar refractivity (Wildman–Crippen MR) is 51.3 cm³/mol. The average molecular weight is 199 g/mol. The van der Waals surface area contributed by atoms with Crippen molar-refractivity contribution in [2.75, 3.05) is 13.2 Å². The number of rotatable bonds is 6. The topological polar surface area (TPSA) is 70.3 Å². The molecule has 0 saturated heterocycles. The second kappa shape index (κ2) is 6.39. The van der Waals surface area contributed by atoms with E-state index in [-0.39, 0.29) is 19.6 Å². The Morgan fingerprint density at radius 1 is 1.57 bits per heavy atom. The number of aliphatic hydroxyl groups is 1. The molecule has 0 saturated carbocycles. The Balaban J connectivity index is 4.64. The number of hydrogen-bond acceptors (Lipinski definition) is 4. The van der Waals surface area contributed by atoms with Crippen molar-refractivity contribution in [2.24, 2.45) is 5.41 Å². The molecular weight excluding hydrogens is 182 g/mol. The van der Waals surface area contributed by atoms with Crippen LogP contribution in [0.2, 0.25) is 0 Å². The molecule has 0 aliphatic carbocycles. The standard InChI is InChI=1S/C10H17NO3/c1-3-5-10(8-12,6-7-11)9(13)14-4-2/h12H,3-6,8H2,1-2H3. The summed E-state index contributed by atoms with van der Waals surface area (Å²) in [5.41, 5.74) is -1.01. The largest absolute Gasteiger partial charge is 0.465 e. The van der Waals surface area contributed by atoms with Crippen LogP contribution in [0.1, 0.15) is 33.1 Å². The number of nitrogens with zero attached hydrogens (tertiary/aromatic N) is 1. The van der Waals surface area contributed by atoms with E-state index in [1.807, 2.05) is 13.0 Å². The Morgan fingerprint density at radius 2 is 2.21 bits per heavy atom. The third-order valence-electron chi connectivity index (χ3n) is 2.16. The van der Waals surface area contributed by atoms with Crippen molar-refractivity contribution in [2.45, 2.75) is 33.1 Å². The van der Waals surface area contributed by atoms with Gasteiger partial charge >= 0.3 is 5.97 Å². The van der Waals surface area contributed by atoms with Gasteiger partial charge in [0.25, 0.3) is 0 Å². The zero-order valence-corrected chi connectivity index (χ0v) is 8.75. The SMILES string of the molecule is CCCC(CO)(CC#N)C(=O)OCC. The second-order valence-corrected chi connectivity index (χ2v) is 3.24. The summed E-state index contributed by atoms with van der Waals surface area (Å²) in [4.78, 5) is 11.5. The van der Waals surface area contributed by atoms with E-state index in [9.17, 15) is 9.90 Å². The van der Waals surface area contributed by atoms with E-state index >= 15 is 0 Å². The minimum Gasteiger partial charge on any atom is -0.465 e. The van der Waals surface area contributed by atoms with Gasteiger partial charge in [0.05, 0.1) is 25.7 Å². The lowest BCUT2D eigenvalue weighted by Gasteiger charge is -2.26. The first-order valence-corrected chi connectivity index (χ1v) is 4.82. The molecule has 0 aliphatic heterocycles. The summed E-state index contributed by atoms with van der Waals surface area (Å²) < 4.78 is 4.85.